The zero-order valence-electron chi connectivity index (χ0n) is 7.29. The largest absolute Gasteiger partial charge is 0.247 e. The molecule has 0 radical (unpaired) electrons. The first kappa shape index (κ1) is 10.6. The summed E-state index contributed by atoms with van der Waals surface area (Å²) in [6.45, 7) is 7.04. The molecule has 0 aromatic heterocycles. The molecule has 0 rings (SSSR count). The van der Waals surface area contributed by atoms with Crippen LogP contribution in [-0.4, -0.2) is 5.92 Å². The zero-order valence-corrected chi connectivity index (χ0v) is 7.29. The van der Waals surface area contributed by atoms with E-state index in [1.165, 1.54) is 6.92 Å². The van der Waals surface area contributed by atoms with Gasteiger partial charge >= 0.3 is 0 Å². The van der Waals surface area contributed by atoms with Crippen molar-refractivity contribution < 1.29 is 8.78 Å². The number of alkyl halides is 2. The first-order valence-corrected chi connectivity index (χ1v) is 4.00. The van der Waals surface area contributed by atoms with Gasteiger partial charge in [-0.3, -0.25) is 0 Å². The van der Waals surface area contributed by atoms with Crippen LogP contribution in [-0.2, 0) is 0 Å². The van der Waals surface area contributed by atoms with E-state index in [0.717, 1.165) is 12.0 Å². The molecular weight excluding hydrogens is 146 g/mol. The van der Waals surface area contributed by atoms with Gasteiger partial charge in [0.1, 0.15) is 0 Å². The Bertz CT molecular complexity index is 128. The molecule has 0 fully saturated rings. The number of rotatable bonds is 5. The van der Waals surface area contributed by atoms with Gasteiger partial charge in [-0.25, -0.2) is 8.78 Å². The van der Waals surface area contributed by atoms with Gasteiger partial charge < -0.3 is 0 Å². The average Bonchev–Trinajstić information content (AvgIpc) is 1.87. The Balaban J connectivity index is 3.45. The first-order chi connectivity index (χ1) is 4.98. The van der Waals surface area contributed by atoms with Crippen LogP contribution in [0.25, 0.3) is 0 Å². The molecule has 0 atom stereocenters. The van der Waals surface area contributed by atoms with Crippen molar-refractivity contribution in [2.24, 2.45) is 0 Å². The monoisotopic (exact) mass is 162 g/mol. The maximum absolute atomic E-state index is 12.6. The summed E-state index contributed by atoms with van der Waals surface area (Å²) in [5.74, 6) is -2.46. The highest BCUT2D eigenvalue weighted by molar-refractivity contribution is 4.87. The van der Waals surface area contributed by atoms with Crippen LogP contribution in [0.15, 0.2) is 12.2 Å². The fourth-order valence-corrected chi connectivity index (χ4v) is 0.826. The molecule has 11 heavy (non-hydrogen) atoms. The lowest BCUT2D eigenvalue weighted by atomic mass is 10.1. The molecule has 2 heteroatoms. The van der Waals surface area contributed by atoms with Gasteiger partial charge in [-0.2, -0.15) is 0 Å². The van der Waals surface area contributed by atoms with Crippen LogP contribution in [0.3, 0.4) is 0 Å². The third-order valence-electron chi connectivity index (χ3n) is 1.66. The minimum absolute atomic E-state index is 0.00361. The van der Waals surface area contributed by atoms with Gasteiger partial charge in [-0.1, -0.05) is 12.5 Å². The van der Waals surface area contributed by atoms with Crippen molar-refractivity contribution in [2.45, 2.75) is 45.5 Å². The molecule has 0 saturated carbocycles. The van der Waals surface area contributed by atoms with Crippen LogP contribution >= 0.6 is 0 Å². The molecule has 0 aromatic rings. The number of hydrogen-bond donors (Lipinski definition) is 0. The lowest BCUT2D eigenvalue weighted by Gasteiger charge is -2.12. The predicted molar refractivity (Wildman–Crippen MR) is 43.9 cm³/mol. The van der Waals surface area contributed by atoms with Gasteiger partial charge in [-0.05, 0) is 19.8 Å². The van der Waals surface area contributed by atoms with Crippen LogP contribution < -0.4 is 0 Å². The lowest BCUT2D eigenvalue weighted by molar-refractivity contribution is -0.0130. The van der Waals surface area contributed by atoms with E-state index in [2.05, 4.69) is 6.58 Å². The minimum atomic E-state index is -2.46. The highest BCUT2D eigenvalue weighted by Gasteiger charge is 2.24. The molecule has 0 aliphatic carbocycles. The fraction of sp³-hybridized carbons (Fsp3) is 0.778. The van der Waals surface area contributed by atoms with Gasteiger partial charge in [0.15, 0.2) is 0 Å². The summed E-state index contributed by atoms with van der Waals surface area (Å²) in [5.41, 5.74) is 0.983. The summed E-state index contributed by atoms with van der Waals surface area (Å²) in [4.78, 5) is 0. The van der Waals surface area contributed by atoms with Gasteiger partial charge in [0.25, 0.3) is 0 Å². The van der Waals surface area contributed by atoms with E-state index >= 15 is 0 Å². The van der Waals surface area contributed by atoms with Gasteiger partial charge in [0.2, 0.25) is 5.92 Å². The van der Waals surface area contributed by atoms with Crippen molar-refractivity contribution in [3.05, 3.63) is 12.2 Å². The molecule has 0 N–H and O–H groups in total. The summed E-state index contributed by atoms with van der Waals surface area (Å²) >= 11 is 0. The van der Waals surface area contributed by atoms with Crippen molar-refractivity contribution >= 4 is 0 Å². The molecule has 0 saturated heterocycles. The topological polar surface area (TPSA) is 0 Å². The van der Waals surface area contributed by atoms with Gasteiger partial charge in [0, 0.05) is 12.8 Å². The molecular formula is C9H16F2. The predicted octanol–water partition coefficient (Wildman–Crippen LogP) is 3.78. The third kappa shape index (κ3) is 6.02. The maximum atomic E-state index is 12.6. The van der Waals surface area contributed by atoms with E-state index in [1.807, 2.05) is 6.92 Å². The van der Waals surface area contributed by atoms with E-state index in [1.54, 1.807) is 0 Å². The van der Waals surface area contributed by atoms with Crippen LogP contribution in [0, 0.1) is 0 Å². The quantitative estimate of drug-likeness (QED) is 0.540. The van der Waals surface area contributed by atoms with E-state index in [0.29, 0.717) is 6.42 Å². The highest BCUT2D eigenvalue weighted by atomic mass is 19.3. The summed E-state index contributed by atoms with van der Waals surface area (Å²) in [6.07, 6.45) is 1.21. The zero-order chi connectivity index (χ0) is 8.91. The molecule has 0 heterocycles. The summed E-state index contributed by atoms with van der Waals surface area (Å²) < 4.78 is 25.1. The van der Waals surface area contributed by atoms with Crippen molar-refractivity contribution in [1.29, 1.82) is 0 Å². The van der Waals surface area contributed by atoms with E-state index in [4.69, 9.17) is 0 Å². The van der Waals surface area contributed by atoms with Crippen molar-refractivity contribution in [3.8, 4) is 0 Å². The normalized spacial score (nSPS) is 11.6. The Morgan fingerprint density at radius 1 is 1.45 bits per heavy atom. The second-order valence-electron chi connectivity index (χ2n) is 3.02. The Labute approximate surface area is 67.3 Å². The number of halogens is 2. The molecule has 0 aliphatic heterocycles. The standard InChI is InChI=1S/C9H16F2/c1-4-9(10,11)7-5-6-8(2)3/h2,4-7H2,1,3H3. The van der Waals surface area contributed by atoms with E-state index < -0.39 is 5.92 Å². The van der Waals surface area contributed by atoms with Crippen LogP contribution in [0.5, 0.6) is 0 Å². The van der Waals surface area contributed by atoms with Crippen molar-refractivity contribution in [2.75, 3.05) is 0 Å². The smallest absolute Gasteiger partial charge is 0.207 e. The van der Waals surface area contributed by atoms with Crippen molar-refractivity contribution in [3.63, 3.8) is 0 Å². The Hall–Kier alpha value is -0.400. The average molecular weight is 162 g/mol. The highest BCUT2D eigenvalue weighted by Crippen LogP contribution is 2.25. The van der Waals surface area contributed by atoms with Gasteiger partial charge in [0.05, 0.1) is 0 Å². The lowest BCUT2D eigenvalue weighted by Crippen LogP contribution is -2.13. The summed E-state index contributed by atoms with van der Waals surface area (Å²) in [5, 5.41) is 0. The first-order valence-electron chi connectivity index (χ1n) is 4.00. The van der Waals surface area contributed by atoms with E-state index in [9.17, 15) is 8.78 Å². The minimum Gasteiger partial charge on any atom is -0.207 e. The van der Waals surface area contributed by atoms with Crippen LogP contribution in [0.2, 0.25) is 0 Å². The fourth-order valence-electron chi connectivity index (χ4n) is 0.826. The maximum Gasteiger partial charge on any atom is 0.247 e. The Morgan fingerprint density at radius 2 is 2.00 bits per heavy atom. The molecule has 0 amide bonds. The molecule has 0 unspecified atom stereocenters. The molecule has 0 bridgehead atoms. The molecule has 0 nitrogen and oxygen atoms in total. The second kappa shape index (κ2) is 4.47. The van der Waals surface area contributed by atoms with Crippen LogP contribution in [0.1, 0.15) is 39.5 Å². The summed E-state index contributed by atoms with van der Waals surface area (Å²) in [6, 6.07) is 0. The molecule has 0 aliphatic rings. The van der Waals surface area contributed by atoms with Gasteiger partial charge in [-0.15, -0.1) is 6.58 Å². The number of allylic oxidation sites excluding steroid dienone is 1. The van der Waals surface area contributed by atoms with Crippen LogP contribution in [0.4, 0.5) is 8.78 Å². The molecule has 0 spiro atoms. The molecule has 0 aromatic carbocycles. The second-order valence-corrected chi connectivity index (χ2v) is 3.02. The number of hydrogen-bond acceptors (Lipinski definition) is 0. The van der Waals surface area contributed by atoms with E-state index in [-0.39, 0.29) is 12.8 Å². The third-order valence-corrected chi connectivity index (χ3v) is 1.66. The summed E-state index contributed by atoms with van der Waals surface area (Å²) in [7, 11) is 0. The Kier molecular flexibility index (Phi) is 4.31. The van der Waals surface area contributed by atoms with Crippen molar-refractivity contribution in [1.82, 2.24) is 0 Å². The Morgan fingerprint density at radius 3 is 2.36 bits per heavy atom. The molecule has 66 valence electrons. The SMILES string of the molecule is C=C(C)CCCC(F)(F)CC.